The topological polar surface area (TPSA) is 51.3 Å². The van der Waals surface area contributed by atoms with Crippen LogP contribution >= 0.6 is 0 Å². The molecule has 2 aromatic rings. The standard InChI is InChI=1S/C14H17N3O/c1-16(2)7-9-3-4-11-12(15)8-17-13(18)6-5-10(9)14(11)17/h3-6,12H,7-8,15H2,1-2H3/t12-/m0/s1. The van der Waals surface area contributed by atoms with Gasteiger partial charge < -0.3 is 15.2 Å². The highest BCUT2D eigenvalue weighted by Gasteiger charge is 2.23. The summed E-state index contributed by atoms with van der Waals surface area (Å²) in [6.45, 7) is 1.46. The van der Waals surface area contributed by atoms with E-state index in [1.54, 1.807) is 10.6 Å². The van der Waals surface area contributed by atoms with Crippen molar-refractivity contribution in [2.24, 2.45) is 5.73 Å². The first kappa shape index (κ1) is 11.4. The largest absolute Gasteiger partial charge is 0.322 e. The summed E-state index contributed by atoms with van der Waals surface area (Å²) in [5, 5.41) is 1.15. The number of pyridine rings is 1. The van der Waals surface area contributed by atoms with Gasteiger partial charge in [-0.25, -0.2) is 0 Å². The third-order valence-electron chi connectivity index (χ3n) is 3.53. The van der Waals surface area contributed by atoms with Crippen LogP contribution in [0.3, 0.4) is 0 Å². The van der Waals surface area contributed by atoms with Crippen molar-refractivity contribution in [3.63, 3.8) is 0 Å². The zero-order chi connectivity index (χ0) is 12.9. The minimum atomic E-state index is -0.0593. The maximum absolute atomic E-state index is 11.9. The molecule has 4 heteroatoms. The molecule has 18 heavy (non-hydrogen) atoms. The molecule has 0 saturated carbocycles. The molecule has 1 atom stereocenters. The summed E-state index contributed by atoms with van der Waals surface area (Å²) in [5.74, 6) is 0. The van der Waals surface area contributed by atoms with Crippen molar-refractivity contribution in [3.8, 4) is 0 Å². The summed E-state index contributed by atoms with van der Waals surface area (Å²) < 4.78 is 1.80. The van der Waals surface area contributed by atoms with E-state index in [4.69, 9.17) is 5.73 Å². The van der Waals surface area contributed by atoms with Crippen LogP contribution in [0.2, 0.25) is 0 Å². The molecule has 3 rings (SSSR count). The van der Waals surface area contributed by atoms with E-state index in [-0.39, 0.29) is 11.6 Å². The normalized spacial score (nSPS) is 17.9. The number of hydrogen-bond acceptors (Lipinski definition) is 3. The minimum absolute atomic E-state index is 0.0405. The first-order chi connectivity index (χ1) is 8.58. The molecule has 4 nitrogen and oxygen atoms in total. The molecule has 94 valence electrons. The van der Waals surface area contributed by atoms with E-state index in [0.717, 1.165) is 23.0 Å². The Labute approximate surface area is 106 Å². The lowest BCUT2D eigenvalue weighted by Crippen LogP contribution is -2.19. The Morgan fingerprint density at radius 3 is 2.83 bits per heavy atom. The number of nitrogens with two attached hydrogens (primary N) is 1. The molecule has 0 fully saturated rings. The summed E-state index contributed by atoms with van der Waals surface area (Å²) >= 11 is 0. The summed E-state index contributed by atoms with van der Waals surface area (Å²) in [7, 11) is 4.09. The third kappa shape index (κ3) is 1.57. The lowest BCUT2D eigenvalue weighted by molar-refractivity contribution is 0.404. The van der Waals surface area contributed by atoms with Crippen molar-refractivity contribution in [3.05, 3.63) is 45.7 Å². The van der Waals surface area contributed by atoms with E-state index >= 15 is 0 Å². The van der Waals surface area contributed by atoms with Gasteiger partial charge in [0.05, 0.1) is 5.52 Å². The zero-order valence-corrected chi connectivity index (χ0v) is 10.7. The van der Waals surface area contributed by atoms with Gasteiger partial charge in [0.15, 0.2) is 0 Å². The van der Waals surface area contributed by atoms with Gasteiger partial charge in [0.1, 0.15) is 0 Å². The fourth-order valence-corrected chi connectivity index (χ4v) is 2.76. The molecule has 0 unspecified atom stereocenters. The monoisotopic (exact) mass is 243 g/mol. The molecule has 0 bridgehead atoms. The van der Waals surface area contributed by atoms with Crippen LogP contribution in [0.5, 0.6) is 0 Å². The van der Waals surface area contributed by atoms with Crippen LogP contribution in [0.15, 0.2) is 29.1 Å². The highest BCUT2D eigenvalue weighted by Crippen LogP contribution is 2.31. The molecule has 1 aliphatic heterocycles. The molecule has 1 aliphatic rings. The van der Waals surface area contributed by atoms with E-state index in [2.05, 4.69) is 17.0 Å². The van der Waals surface area contributed by atoms with Gasteiger partial charge in [0.25, 0.3) is 5.56 Å². The van der Waals surface area contributed by atoms with Gasteiger partial charge in [-0.2, -0.15) is 0 Å². The van der Waals surface area contributed by atoms with E-state index in [1.807, 2.05) is 20.2 Å². The van der Waals surface area contributed by atoms with E-state index in [0.29, 0.717) is 6.54 Å². The molecule has 0 amide bonds. The van der Waals surface area contributed by atoms with Crippen molar-refractivity contribution in [1.29, 1.82) is 0 Å². The van der Waals surface area contributed by atoms with E-state index in [9.17, 15) is 4.79 Å². The van der Waals surface area contributed by atoms with Crippen LogP contribution in [-0.4, -0.2) is 23.6 Å². The summed E-state index contributed by atoms with van der Waals surface area (Å²) in [4.78, 5) is 14.0. The SMILES string of the molecule is CN(C)Cc1ccc2c3c1ccc(=O)n3C[C@@H]2N. The quantitative estimate of drug-likeness (QED) is 0.858. The predicted molar refractivity (Wildman–Crippen MR) is 72.5 cm³/mol. The Hall–Kier alpha value is -1.65. The summed E-state index contributed by atoms with van der Waals surface area (Å²) in [6.07, 6.45) is 0. The second kappa shape index (κ2) is 3.93. The highest BCUT2D eigenvalue weighted by molar-refractivity contribution is 5.87. The fourth-order valence-electron chi connectivity index (χ4n) is 2.76. The van der Waals surface area contributed by atoms with Crippen molar-refractivity contribution in [1.82, 2.24) is 9.47 Å². The number of nitrogens with zero attached hydrogens (tertiary/aromatic N) is 2. The molecule has 0 aliphatic carbocycles. The van der Waals surface area contributed by atoms with Gasteiger partial charge in [-0.3, -0.25) is 4.79 Å². The van der Waals surface area contributed by atoms with Crippen molar-refractivity contribution in [2.45, 2.75) is 19.1 Å². The maximum atomic E-state index is 11.9. The fraction of sp³-hybridized carbons (Fsp3) is 0.357. The van der Waals surface area contributed by atoms with Gasteiger partial charge >= 0.3 is 0 Å². The molecular formula is C14H17N3O. The smallest absolute Gasteiger partial charge is 0.251 e. The molecule has 0 spiro atoms. The van der Waals surface area contributed by atoms with Gasteiger partial charge in [-0.1, -0.05) is 12.1 Å². The molecule has 2 N–H and O–H groups in total. The van der Waals surface area contributed by atoms with Gasteiger partial charge in [-0.15, -0.1) is 0 Å². The van der Waals surface area contributed by atoms with Crippen LogP contribution < -0.4 is 11.3 Å². The second-order valence-corrected chi connectivity index (χ2v) is 5.20. The number of aromatic nitrogens is 1. The molecule has 0 radical (unpaired) electrons. The van der Waals surface area contributed by atoms with Crippen LogP contribution in [0.25, 0.3) is 10.9 Å². The molecular weight excluding hydrogens is 226 g/mol. The van der Waals surface area contributed by atoms with Crippen LogP contribution in [0.4, 0.5) is 0 Å². The van der Waals surface area contributed by atoms with Crippen LogP contribution in [0, 0.1) is 0 Å². The average Bonchev–Trinajstić information content (AvgIpc) is 2.64. The summed E-state index contributed by atoms with van der Waals surface area (Å²) in [5.41, 5.74) is 9.48. The molecule has 0 saturated heterocycles. The zero-order valence-electron chi connectivity index (χ0n) is 10.7. The first-order valence-electron chi connectivity index (χ1n) is 6.13. The second-order valence-electron chi connectivity index (χ2n) is 5.20. The molecule has 2 heterocycles. The van der Waals surface area contributed by atoms with Gasteiger partial charge in [-0.05, 0) is 31.3 Å². The predicted octanol–water partition coefficient (Wildman–Crippen LogP) is 1.08. The maximum Gasteiger partial charge on any atom is 0.251 e. The van der Waals surface area contributed by atoms with Crippen LogP contribution in [0.1, 0.15) is 17.2 Å². The van der Waals surface area contributed by atoms with Crippen molar-refractivity contribution < 1.29 is 0 Å². The third-order valence-corrected chi connectivity index (χ3v) is 3.53. The Bertz CT molecular complexity index is 673. The van der Waals surface area contributed by atoms with E-state index < -0.39 is 0 Å². The highest BCUT2D eigenvalue weighted by atomic mass is 16.1. The Kier molecular flexibility index (Phi) is 2.50. The van der Waals surface area contributed by atoms with Crippen LogP contribution in [-0.2, 0) is 13.1 Å². The number of rotatable bonds is 2. The first-order valence-corrected chi connectivity index (χ1v) is 6.13. The van der Waals surface area contributed by atoms with Crippen molar-refractivity contribution in [2.75, 3.05) is 14.1 Å². The van der Waals surface area contributed by atoms with Crippen molar-refractivity contribution >= 4 is 10.9 Å². The molecule has 1 aromatic heterocycles. The lowest BCUT2D eigenvalue weighted by atomic mass is 10.0. The Morgan fingerprint density at radius 2 is 2.11 bits per heavy atom. The average molecular weight is 243 g/mol. The van der Waals surface area contributed by atoms with E-state index in [1.165, 1.54) is 5.56 Å². The van der Waals surface area contributed by atoms with Gasteiger partial charge in [0, 0.05) is 30.6 Å². The molecule has 1 aromatic carbocycles. The minimum Gasteiger partial charge on any atom is -0.322 e. The number of hydrogen-bond donors (Lipinski definition) is 1. The Morgan fingerprint density at radius 1 is 1.33 bits per heavy atom. The summed E-state index contributed by atoms with van der Waals surface area (Å²) in [6, 6.07) is 7.70. The Balaban J connectivity index is 2.33. The van der Waals surface area contributed by atoms with Gasteiger partial charge in [0.2, 0.25) is 0 Å². The lowest BCUT2D eigenvalue weighted by Gasteiger charge is -2.13. The number of benzene rings is 1.